The van der Waals surface area contributed by atoms with E-state index in [9.17, 15) is 15.3 Å². The third-order valence-electron chi connectivity index (χ3n) is 6.34. The van der Waals surface area contributed by atoms with Crippen LogP contribution in [-0.2, 0) is 11.3 Å². The normalized spacial score (nSPS) is 14.8. The van der Waals surface area contributed by atoms with E-state index in [1.54, 1.807) is 12.1 Å². The molecule has 176 valence electrons. The van der Waals surface area contributed by atoms with Gasteiger partial charge in [0.05, 0.1) is 10.6 Å². The second-order valence-corrected chi connectivity index (χ2v) is 8.54. The Morgan fingerprint density at radius 2 is 1.73 bits per heavy atom. The largest absolute Gasteiger partial charge is 0.481 e. The van der Waals surface area contributed by atoms with Gasteiger partial charge in [-0.15, -0.1) is 0 Å². The third-order valence-corrected chi connectivity index (χ3v) is 6.34. The average molecular weight is 454 g/mol. The highest BCUT2D eigenvalue weighted by Crippen LogP contribution is 2.33. The van der Waals surface area contributed by atoms with Gasteiger partial charge in [0, 0.05) is 53.0 Å². The molecule has 3 aromatic rings. The molecule has 1 fully saturated rings. The van der Waals surface area contributed by atoms with Gasteiger partial charge in [-0.3, -0.25) is 14.9 Å². The molecule has 33 heavy (non-hydrogen) atoms. The minimum absolute atomic E-state index is 0.0893. The maximum absolute atomic E-state index is 11.3. The number of hydrogen-bond donors (Lipinski definition) is 2. The molecule has 0 aliphatic heterocycles. The van der Waals surface area contributed by atoms with Gasteiger partial charge in [-0.25, -0.2) is 0 Å². The van der Waals surface area contributed by atoms with Crippen LogP contribution < -0.4 is 0 Å². The van der Waals surface area contributed by atoms with Crippen LogP contribution in [0.15, 0.2) is 41.6 Å². The van der Waals surface area contributed by atoms with E-state index in [4.69, 9.17) is 9.90 Å². The van der Waals surface area contributed by atoms with Crippen LogP contribution in [0, 0.1) is 16.0 Å². The summed E-state index contributed by atoms with van der Waals surface area (Å²) in [4.78, 5) is 19.9. The van der Waals surface area contributed by atoms with Gasteiger partial charge < -0.3 is 14.9 Å². The van der Waals surface area contributed by atoms with Crippen molar-refractivity contribution in [3.63, 3.8) is 0 Å². The molecule has 1 saturated carbocycles. The molecule has 0 amide bonds. The molecule has 0 radical (unpaired) electrons. The molecule has 0 saturated heterocycles. The maximum atomic E-state index is 11.3. The predicted octanol–water partition coefficient (Wildman–Crippen LogP) is 6.35. The summed E-state index contributed by atoms with van der Waals surface area (Å²) in [5.41, 5.74) is 3.69. The Morgan fingerprint density at radius 3 is 2.30 bits per heavy atom. The average Bonchev–Trinajstić information content (AvgIpc) is 3.12. The lowest BCUT2D eigenvalue weighted by Crippen LogP contribution is -2.10. The highest BCUT2D eigenvalue weighted by Gasteiger charge is 2.18. The number of carboxylic acids is 1. The number of benzene rings is 2. The van der Waals surface area contributed by atoms with Crippen molar-refractivity contribution in [2.24, 2.45) is 11.1 Å². The number of non-ortho nitro benzene ring substituents is 1. The molecule has 8 heteroatoms. The molecule has 1 aliphatic rings. The number of fused-ring (bicyclic) bond motifs is 3. The highest BCUT2D eigenvalue weighted by molar-refractivity contribution is 6.12. The van der Waals surface area contributed by atoms with Gasteiger partial charge in [0.2, 0.25) is 0 Å². The van der Waals surface area contributed by atoms with Crippen molar-refractivity contribution in [1.82, 2.24) is 4.57 Å². The van der Waals surface area contributed by atoms with Gasteiger partial charge in [-0.05, 0) is 43.9 Å². The van der Waals surface area contributed by atoms with Crippen molar-refractivity contribution in [2.75, 3.05) is 0 Å². The topological polar surface area (TPSA) is 118 Å². The Balaban J connectivity index is 0.000000709. The number of aryl methyl sites for hydroxylation is 1. The van der Waals surface area contributed by atoms with E-state index in [0.717, 1.165) is 53.7 Å². The van der Waals surface area contributed by atoms with Crippen LogP contribution in [0.1, 0.15) is 64.4 Å². The van der Waals surface area contributed by atoms with Crippen molar-refractivity contribution in [2.45, 2.75) is 65.3 Å². The summed E-state index contributed by atoms with van der Waals surface area (Å²) in [6.07, 6.45) is 8.27. The van der Waals surface area contributed by atoms with Crippen LogP contribution in [0.4, 0.5) is 5.69 Å². The van der Waals surface area contributed by atoms with Gasteiger partial charge >= 0.3 is 0 Å². The molecule has 1 aliphatic carbocycles. The summed E-state index contributed by atoms with van der Waals surface area (Å²) < 4.78 is 2.16. The fourth-order valence-corrected chi connectivity index (χ4v) is 4.79. The number of carbonyl (C=O) groups is 1. The zero-order valence-corrected chi connectivity index (χ0v) is 19.2. The Morgan fingerprint density at radius 1 is 1.12 bits per heavy atom. The van der Waals surface area contributed by atoms with Crippen LogP contribution in [-0.4, -0.2) is 31.5 Å². The number of rotatable bonds is 6. The molecule has 2 aromatic carbocycles. The molecular formula is C25H31N3O5. The smallest absolute Gasteiger partial charge is 0.300 e. The summed E-state index contributed by atoms with van der Waals surface area (Å²) >= 11 is 0. The third kappa shape index (κ3) is 5.69. The van der Waals surface area contributed by atoms with Gasteiger partial charge in [0.1, 0.15) is 0 Å². The van der Waals surface area contributed by atoms with Crippen LogP contribution in [0.5, 0.6) is 0 Å². The maximum Gasteiger partial charge on any atom is 0.300 e. The van der Waals surface area contributed by atoms with E-state index in [2.05, 4.69) is 16.6 Å². The van der Waals surface area contributed by atoms with E-state index < -0.39 is 5.97 Å². The quantitative estimate of drug-likeness (QED) is 0.195. The van der Waals surface area contributed by atoms with Crippen LogP contribution in [0.2, 0.25) is 0 Å². The van der Waals surface area contributed by atoms with E-state index >= 15 is 0 Å². The summed E-state index contributed by atoms with van der Waals surface area (Å²) in [7, 11) is 0. The Labute approximate surface area is 192 Å². The molecule has 2 N–H and O–H groups in total. The molecule has 0 unspecified atom stereocenters. The predicted molar refractivity (Wildman–Crippen MR) is 129 cm³/mol. The van der Waals surface area contributed by atoms with Gasteiger partial charge in [-0.2, -0.15) is 0 Å². The molecule has 0 spiro atoms. The number of aromatic nitrogens is 1. The molecule has 4 rings (SSSR count). The summed E-state index contributed by atoms with van der Waals surface area (Å²) in [5, 5.41) is 33.8. The molecular weight excluding hydrogens is 422 g/mol. The second-order valence-electron chi connectivity index (χ2n) is 8.54. The first-order valence-corrected chi connectivity index (χ1v) is 11.5. The van der Waals surface area contributed by atoms with Gasteiger partial charge in [0.15, 0.2) is 0 Å². The lowest BCUT2D eigenvalue weighted by atomic mass is 9.85. The first-order chi connectivity index (χ1) is 15.8. The van der Waals surface area contributed by atoms with E-state index in [0.29, 0.717) is 11.6 Å². The van der Waals surface area contributed by atoms with Gasteiger partial charge in [0.25, 0.3) is 11.7 Å². The van der Waals surface area contributed by atoms with Crippen molar-refractivity contribution in [3.05, 3.63) is 52.1 Å². The Hall–Kier alpha value is -3.42. The first kappa shape index (κ1) is 24.2. The summed E-state index contributed by atoms with van der Waals surface area (Å²) in [6.45, 7) is 3.93. The highest BCUT2D eigenvalue weighted by atomic mass is 16.6. The molecule has 0 bridgehead atoms. The van der Waals surface area contributed by atoms with E-state index in [1.165, 1.54) is 32.1 Å². The number of nitro benzene ring substituents is 1. The summed E-state index contributed by atoms with van der Waals surface area (Å²) in [6, 6.07) is 11.1. The van der Waals surface area contributed by atoms with Crippen molar-refractivity contribution in [3.8, 4) is 0 Å². The molecule has 0 atom stereocenters. The molecule has 8 nitrogen and oxygen atoms in total. The van der Waals surface area contributed by atoms with Crippen LogP contribution in [0.25, 0.3) is 21.8 Å². The number of nitrogens with zero attached hydrogens (tertiary/aromatic N) is 3. The fraction of sp³-hybridized carbons (Fsp3) is 0.440. The zero-order chi connectivity index (χ0) is 24.0. The number of nitro groups is 1. The Kier molecular flexibility index (Phi) is 8.03. The van der Waals surface area contributed by atoms with E-state index in [-0.39, 0.29) is 10.6 Å². The number of hydrogen-bond acceptors (Lipinski definition) is 5. The van der Waals surface area contributed by atoms with Crippen molar-refractivity contribution < 1.29 is 20.0 Å². The monoisotopic (exact) mass is 453 g/mol. The van der Waals surface area contributed by atoms with Crippen molar-refractivity contribution in [1.29, 1.82) is 0 Å². The van der Waals surface area contributed by atoms with Crippen LogP contribution in [0.3, 0.4) is 0 Å². The van der Waals surface area contributed by atoms with Crippen molar-refractivity contribution >= 4 is 39.2 Å². The summed E-state index contributed by atoms with van der Waals surface area (Å²) in [5.74, 6) is -0.117. The molecule has 1 aromatic heterocycles. The van der Waals surface area contributed by atoms with Gasteiger partial charge in [-0.1, -0.05) is 43.3 Å². The number of carboxylic acid groups (broad SMARTS) is 1. The van der Waals surface area contributed by atoms with E-state index in [1.807, 2.05) is 24.3 Å². The minimum Gasteiger partial charge on any atom is -0.481 e. The SMILES string of the molecule is CC(=O)O.CCn1c2ccc(C(CCC3CCCCC3)=NO)cc2c2cc([N+](=O)[O-])ccc21. The fourth-order valence-electron chi connectivity index (χ4n) is 4.79. The standard InChI is InChI=1S/C23H27N3O3.C2H4O2/c1-2-25-22-12-9-17(21(24-27)11-8-16-6-4-3-5-7-16)14-19(22)20-15-18(26(28)29)10-13-23(20)25;1-2(3)4/h9-10,12-16,27H,2-8,11H2,1H3;1H3,(H,3,4). The number of aliphatic carboxylic acids is 1. The Bertz CT molecular complexity index is 1170. The minimum atomic E-state index is -0.833. The lowest BCUT2D eigenvalue weighted by Gasteiger charge is -2.21. The molecule has 1 heterocycles. The van der Waals surface area contributed by atoms with Crippen LogP contribution >= 0.6 is 0 Å². The lowest BCUT2D eigenvalue weighted by molar-refractivity contribution is -0.384. The first-order valence-electron chi connectivity index (χ1n) is 11.5. The number of oxime groups is 1. The second kappa shape index (κ2) is 10.9. The zero-order valence-electron chi connectivity index (χ0n) is 19.2.